The van der Waals surface area contributed by atoms with E-state index in [4.69, 9.17) is 4.74 Å². The number of imidazole rings is 1. The lowest BCUT2D eigenvalue weighted by molar-refractivity contribution is -0.114. The van der Waals surface area contributed by atoms with Crippen molar-refractivity contribution in [1.29, 1.82) is 0 Å². The Morgan fingerprint density at radius 2 is 2.00 bits per heavy atom. The first kappa shape index (κ1) is 18.4. The predicted molar refractivity (Wildman–Crippen MR) is 109 cm³/mol. The minimum atomic E-state index is -0.0620. The highest BCUT2D eigenvalue weighted by molar-refractivity contribution is 5.88. The van der Waals surface area contributed by atoms with E-state index in [2.05, 4.69) is 44.5 Å². The van der Waals surface area contributed by atoms with Crippen LogP contribution in [0.1, 0.15) is 24.4 Å². The number of benzene rings is 2. The second-order valence-corrected chi connectivity index (χ2v) is 6.99. The molecule has 0 spiro atoms. The quantitative estimate of drug-likeness (QED) is 0.714. The molecule has 0 unspecified atom stereocenters. The van der Waals surface area contributed by atoms with Crippen molar-refractivity contribution < 1.29 is 9.53 Å². The number of ether oxygens (including phenoxy) is 1. The van der Waals surface area contributed by atoms with Crippen LogP contribution in [0.2, 0.25) is 0 Å². The van der Waals surface area contributed by atoms with Gasteiger partial charge in [-0.05, 0) is 23.3 Å². The van der Waals surface area contributed by atoms with Crippen LogP contribution < -0.4 is 5.32 Å². The largest absolute Gasteiger partial charge is 0.378 e. The molecule has 1 fully saturated rings. The van der Waals surface area contributed by atoms with Gasteiger partial charge in [0.25, 0.3) is 0 Å². The van der Waals surface area contributed by atoms with Crippen molar-refractivity contribution in [3.05, 3.63) is 72.2 Å². The highest BCUT2D eigenvalue weighted by Gasteiger charge is 2.27. The van der Waals surface area contributed by atoms with E-state index in [1.165, 1.54) is 12.5 Å². The summed E-state index contributed by atoms with van der Waals surface area (Å²) in [6.07, 6.45) is 1.89. The molecule has 3 aromatic rings. The zero-order chi connectivity index (χ0) is 19.3. The van der Waals surface area contributed by atoms with Gasteiger partial charge in [-0.15, -0.1) is 0 Å². The molecular formula is C22H24N4O2. The lowest BCUT2D eigenvalue weighted by Gasteiger charge is -2.34. The van der Waals surface area contributed by atoms with Crippen molar-refractivity contribution in [2.45, 2.75) is 19.5 Å². The van der Waals surface area contributed by atoms with Gasteiger partial charge in [-0.25, -0.2) is 4.98 Å². The van der Waals surface area contributed by atoms with Gasteiger partial charge in [-0.1, -0.05) is 42.5 Å². The number of rotatable bonds is 5. The Kier molecular flexibility index (Phi) is 5.50. The highest BCUT2D eigenvalue weighted by Crippen LogP contribution is 2.26. The van der Waals surface area contributed by atoms with Crippen molar-refractivity contribution in [2.24, 2.45) is 0 Å². The Bertz CT molecular complexity index is 921. The molecule has 1 saturated heterocycles. The SMILES string of the molecule is CC(=O)Nc1ccc(CN2CCOC[C@H]2c2ncc(-c3ccccc3)[nH]2)cc1. The second kappa shape index (κ2) is 8.37. The summed E-state index contributed by atoms with van der Waals surface area (Å²) in [7, 11) is 0. The van der Waals surface area contributed by atoms with Crippen LogP contribution in [0.25, 0.3) is 11.3 Å². The van der Waals surface area contributed by atoms with Crippen LogP contribution in [0.15, 0.2) is 60.8 Å². The summed E-state index contributed by atoms with van der Waals surface area (Å²) in [6.45, 7) is 4.49. The van der Waals surface area contributed by atoms with Crippen LogP contribution in [-0.2, 0) is 16.1 Å². The Balaban J connectivity index is 1.49. The molecule has 6 heteroatoms. The third-order valence-electron chi connectivity index (χ3n) is 4.90. The molecule has 1 amide bonds. The Labute approximate surface area is 164 Å². The first-order valence-corrected chi connectivity index (χ1v) is 9.48. The van der Waals surface area contributed by atoms with E-state index in [0.29, 0.717) is 13.2 Å². The van der Waals surface area contributed by atoms with Gasteiger partial charge in [0, 0.05) is 25.7 Å². The molecule has 1 aliphatic rings. The van der Waals surface area contributed by atoms with E-state index in [-0.39, 0.29) is 11.9 Å². The van der Waals surface area contributed by atoms with E-state index in [9.17, 15) is 4.79 Å². The van der Waals surface area contributed by atoms with E-state index in [0.717, 1.165) is 35.9 Å². The minimum absolute atomic E-state index is 0.0620. The maximum absolute atomic E-state index is 11.2. The summed E-state index contributed by atoms with van der Waals surface area (Å²) in [5.41, 5.74) is 4.14. The number of carbonyl (C=O) groups is 1. The maximum Gasteiger partial charge on any atom is 0.221 e. The van der Waals surface area contributed by atoms with E-state index in [1.807, 2.05) is 36.5 Å². The van der Waals surface area contributed by atoms with Gasteiger partial charge >= 0.3 is 0 Å². The molecule has 0 radical (unpaired) electrons. The summed E-state index contributed by atoms with van der Waals surface area (Å²) in [5.74, 6) is 0.862. The number of hydrogen-bond donors (Lipinski definition) is 2. The van der Waals surface area contributed by atoms with Crippen LogP contribution in [-0.4, -0.2) is 40.5 Å². The summed E-state index contributed by atoms with van der Waals surface area (Å²) < 4.78 is 5.73. The molecule has 1 atom stereocenters. The van der Waals surface area contributed by atoms with Gasteiger partial charge in [0.2, 0.25) is 5.91 Å². The zero-order valence-electron chi connectivity index (χ0n) is 15.9. The molecule has 2 N–H and O–H groups in total. The molecule has 0 bridgehead atoms. The number of nitrogens with zero attached hydrogens (tertiary/aromatic N) is 2. The molecule has 0 saturated carbocycles. The Morgan fingerprint density at radius 3 is 2.75 bits per heavy atom. The van der Waals surface area contributed by atoms with Gasteiger partial charge < -0.3 is 15.0 Å². The third kappa shape index (κ3) is 4.30. The molecule has 2 heterocycles. The van der Waals surface area contributed by atoms with Crippen LogP contribution in [0.4, 0.5) is 5.69 Å². The number of nitrogens with one attached hydrogen (secondary N) is 2. The van der Waals surface area contributed by atoms with E-state index >= 15 is 0 Å². The van der Waals surface area contributed by atoms with Gasteiger partial charge in [-0.3, -0.25) is 9.69 Å². The van der Waals surface area contributed by atoms with Crippen LogP contribution in [0, 0.1) is 0 Å². The first-order valence-electron chi connectivity index (χ1n) is 9.48. The summed E-state index contributed by atoms with van der Waals surface area (Å²) >= 11 is 0. The number of H-pyrrole nitrogens is 1. The average molecular weight is 376 g/mol. The Morgan fingerprint density at radius 1 is 1.21 bits per heavy atom. The number of morpholine rings is 1. The molecule has 6 nitrogen and oxygen atoms in total. The summed E-state index contributed by atoms with van der Waals surface area (Å²) in [6, 6.07) is 18.3. The molecule has 2 aromatic carbocycles. The number of carbonyl (C=O) groups excluding carboxylic acids is 1. The number of hydrogen-bond acceptors (Lipinski definition) is 4. The summed E-state index contributed by atoms with van der Waals surface area (Å²) in [5, 5.41) is 2.80. The van der Waals surface area contributed by atoms with Crippen molar-refractivity contribution in [1.82, 2.24) is 14.9 Å². The molecule has 144 valence electrons. The van der Waals surface area contributed by atoms with Crippen molar-refractivity contribution in [3.8, 4) is 11.3 Å². The highest BCUT2D eigenvalue weighted by atomic mass is 16.5. The van der Waals surface area contributed by atoms with Crippen molar-refractivity contribution in [3.63, 3.8) is 0 Å². The second-order valence-electron chi connectivity index (χ2n) is 6.99. The lowest BCUT2D eigenvalue weighted by Crippen LogP contribution is -2.39. The number of aromatic nitrogens is 2. The molecule has 28 heavy (non-hydrogen) atoms. The third-order valence-corrected chi connectivity index (χ3v) is 4.90. The average Bonchev–Trinajstić information content (AvgIpc) is 3.20. The topological polar surface area (TPSA) is 70.2 Å². The van der Waals surface area contributed by atoms with Crippen LogP contribution in [0.5, 0.6) is 0 Å². The minimum Gasteiger partial charge on any atom is -0.378 e. The van der Waals surface area contributed by atoms with Crippen LogP contribution in [0.3, 0.4) is 0 Å². The van der Waals surface area contributed by atoms with Gasteiger partial charge in [-0.2, -0.15) is 0 Å². The smallest absolute Gasteiger partial charge is 0.221 e. The Hall–Kier alpha value is -2.96. The van der Waals surface area contributed by atoms with E-state index in [1.54, 1.807) is 0 Å². The predicted octanol–water partition coefficient (Wildman–Crippen LogP) is 3.61. The van der Waals surface area contributed by atoms with E-state index < -0.39 is 0 Å². The molecule has 0 aliphatic carbocycles. The van der Waals surface area contributed by atoms with Gasteiger partial charge in [0.15, 0.2) is 0 Å². The molecular weight excluding hydrogens is 352 g/mol. The number of aromatic amines is 1. The number of amides is 1. The summed E-state index contributed by atoms with van der Waals surface area (Å²) in [4.78, 5) is 21.7. The van der Waals surface area contributed by atoms with Gasteiger partial charge in [0.1, 0.15) is 5.82 Å². The van der Waals surface area contributed by atoms with Crippen LogP contribution >= 0.6 is 0 Å². The number of anilines is 1. The van der Waals surface area contributed by atoms with Crippen molar-refractivity contribution in [2.75, 3.05) is 25.1 Å². The van der Waals surface area contributed by atoms with Crippen molar-refractivity contribution >= 4 is 11.6 Å². The monoisotopic (exact) mass is 376 g/mol. The molecule has 1 aromatic heterocycles. The zero-order valence-corrected chi connectivity index (χ0v) is 15.9. The fourth-order valence-electron chi connectivity index (χ4n) is 3.48. The molecule has 1 aliphatic heterocycles. The standard InChI is InChI=1S/C22H24N4O2/c1-16(27)24-19-9-7-17(8-10-19)14-26-11-12-28-15-21(26)22-23-13-20(25-22)18-5-3-2-4-6-18/h2-10,13,21H,11-12,14-15H2,1H3,(H,23,25)(H,24,27)/t21-/m0/s1. The fourth-order valence-corrected chi connectivity index (χ4v) is 3.48. The normalized spacial score (nSPS) is 17.4. The lowest BCUT2D eigenvalue weighted by atomic mass is 10.1. The maximum atomic E-state index is 11.2. The molecule has 4 rings (SSSR count). The van der Waals surface area contributed by atoms with Gasteiger partial charge in [0.05, 0.1) is 31.1 Å². The fraction of sp³-hybridized carbons (Fsp3) is 0.273. The first-order chi connectivity index (χ1) is 13.7.